The molecule has 0 aliphatic carbocycles. The second kappa shape index (κ2) is 10.1. The molecule has 5 rings (SSSR count). The van der Waals surface area contributed by atoms with Gasteiger partial charge in [-0.15, -0.1) is 0 Å². The van der Waals surface area contributed by atoms with Crippen molar-refractivity contribution in [3.05, 3.63) is 108 Å². The van der Waals surface area contributed by atoms with E-state index in [2.05, 4.69) is 37.9 Å². The molecule has 3 aromatic carbocycles. The van der Waals surface area contributed by atoms with E-state index in [9.17, 15) is 9.18 Å². The van der Waals surface area contributed by atoms with Crippen molar-refractivity contribution in [1.29, 1.82) is 0 Å². The maximum absolute atomic E-state index is 14.5. The van der Waals surface area contributed by atoms with E-state index < -0.39 is 0 Å². The zero-order chi connectivity index (χ0) is 24.0. The topological polar surface area (TPSA) is 92.9 Å². The van der Waals surface area contributed by atoms with Crippen LogP contribution in [-0.4, -0.2) is 27.6 Å². The van der Waals surface area contributed by atoms with Crippen LogP contribution in [0.1, 0.15) is 21.7 Å². The normalized spacial score (nSPS) is 10.9. The molecule has 8 heteroatoms. The van der Waals surface area contributed by atoms with Gasteiger partial charge in [-0.25, -0.2) is 14.4 Å². The average Bonchev–Trinajstić information content (AvgIpc) is 3.44. The van der Waals surface area contributed by atoms with Crippen LogP contribution in [-0.2, 0) is 13.0 Å². The maximum atomic E-state index is 14.5. The van der Waals surface area contributed by atoms with Gasteiger partial charge in [-0.2, -0.15) is 0 Å². The average molecular weight is 468 g/mol. The van der Waals surface area contributed by atoms with E-state index >= 15 is 0 Å². The van der Waals surface area contributed by atoms with Crippen molar-refractivity contribution in [2.75, 3.05) is 11.9 Å². The monoisotopic (exact) mass is 467 g/mol. The quantitative estimate of drug-likeness (QED) is 0.333. The van der Waals surface area contributed by atoms with Crippen LogP contribution in [0.3, 0.4) is 0 Å². The van der Waals surface area contributed by atoms with Crippen molar-refractivity contribution >= 4 is 22.6 Å². The Kier molecular flexibility index (Phi) is 6.43. The molecular weight excluding hydrogens is 445 g/mol. The summed E-state index contributed by atoms with van der Waals surface area (Å²) in [4.78, 5) is 20.8. The number of carbonyl (C=O) groups is 1. The van der Waals surface area contributed by atoms with Gasteiger partial charge in [-0.05, 0) is 52.9 Å². The van der Waals surface area contributed by atoms with Crippen molar-refractivity contribution in [3.63, 3.8) is 0 Å². The van der Waals surface area contributed by atoms with Gasteiger partial charge in [0.05, 0.1) is 11.7 Å². The molecule has 1 amide bonds. The van der Waals surface area contributed by atoms with Crippen LogP contribution in [0, 0.1) is 5.82 Å². The van der Waals surface area contributed by atoms with Gasteiger partial charge >= 0.3 is 0 Å². The van der Waals surface area contributed by atoms with Crippen LogP contribution in [0.15, 0.2) is 89.8 Å². The summed E-state index contributed by atoms with van der Waals surface area (Å²) in [5.74, 6) is 0.147. The number of halogens is 1. The van der Waals surface area contributed by atoms with Crippen LogP contribution < -0.4 is 10.6 Å². The molecular formula is C27H22FN5O2. The highest BCUT2D eigenvalue weighted by molar-refractivity contribution is 5.92. The van der Waals surface area contributed by atoms with E-state index in [1.54, 1.807) is 18.5 Å². The minimum absolute atomic E-state index is 0.120. The van der Waals surface area contributed by atoms with E-state index in [-0.39, 0.29) is 24.0 Å². The van der Waals surface area contributed by atoms with E-state index in [4.69, 9.17) is 4.52 Å². The number of carbonyl (C=O) groups excluding carboxylic acids is 1. The Bertz CT molecular complexity index is 1460. The lowest BCUT2D eigenvalue weighted by Gasteiger charge is -2.11. The third-order valence-corrected chi connectivity index (χ3v) is 5.66. The van der Waals surface area contributed by atoms with Gasteiger partial charge in [0.25, 0.3) is 5.91 Å². The van der Waals surface area contributed by atoms with Gasteiger partial charge < -0.3 is 15.2 Å². The maximum Gasteiger partial charge on any atom is 0.289 e. The Labute approximate surface area is 201 Å². The zero-order valence-corrected chi connectivity index (χ0v) is 18.7. The molecule has 0 unspecified atom stereocenters. The first-order valence-corrected chi connectivity index (χ1v) is 11.2. The predicted molar refractivity (Wildman–Crippen MR) is 131 cm³/mol. The molecule has 0 radical (unpaired) electrons. The lowest BCUT2D eigenvalue weighted by molar-refractivity contribution is 0.0917. The van der Waals surface area contributed by atoms with Crippen LogP contribution in [0.2, 0.25) is 0 Å². The van der Waals surface area contributed by atoms with Crippen molar-refractivity contribution in [2.45, 2.75) is 13.0 Å². The number of nitrogens with one attached hydrogen (secondary N) is 2. The van der Waals surface area contributed by atoms with Gasteiger partial charge in [-0.3, -0.25) is 4.79 Å². The summed E-state index contributed by atoms with van der Waals surface area (Å²) in [5.41, 5.74) is 4.25. The minimum atomic E-state index is -0.385. The first-order valence-electron chi connectivity index (χ1n) is 11.2. The molecule has 0 aliphatic heterocycles. The highest BCUT2D eigenvalue weighted by atomic mass is 19.1. The molecule has 0 fully saturated rings. The summed E-state index contributed by atoms with van der Waals surface area (Å²) in [6.45, 7) is 0.899. The molecule has 0 saturated carbocycles. The van der Waals surface area contributed by atoms with Gasteiger partial charge in [0.1, 0.15) is 18.0 Å². The van der Waals surface area contributed by atoms with Crippen LogP contribution in [0.25, 0.3) is 22.0 Å². The Morgan fingerprint density at radius 3 is 2.60 bits per heavy atom. The van der Waals surface area contributed by atoms with Crippen molar-refractivity contribution in [2.24, 2.45) is 0 Å². The molecule has 0 saturated heterocycles. The summed E-state index contributed by atoms with van der Waals surface area (Å²) >= 11 is 0. The highest BCUT2D eigenvalue weighted by Gasteiger charge is 2.11. The first kappa shape index (κ1) is 22.2. The lowest BCUT2D eigenvalue weighted by Crippen LogP contribution is -2.25. The fraction of sp³-hybridized carbons (Fsp3) is 0.111. The molecule has 0 spiro atoms. The van der Waals surface area contributed by atoms with Crippen molar-refractivity contribution < 1.29 is 13.7 Å². The van der Waals surface area contributed by atoms with Gasteiger partial charge in [-0.1, -0.05) is 47.6 Å². The second-order valence-corrected chi connectivity index (χ2v) is 7.98. The number of aromatic nitrogens is 3. The minimum Gasteiger partial charge on any atom is -0.365 e. The predicted octanol–water partition coefficient (Wildman–Crippen LogP) is 5.01. The van der Waals surface area contributed by atoms with E-state index in [0.717, 1.165) is 33.4 Å². The largest absolute Gasteiger partial charge is 0.365 e. The third-order valence-electron chi connectivity index (χ3n) is 5.66. The Morgan fingerprint density at radius 2 is 1.77 bits per heavy atom. The summed E-state index contributed by atoms with van der Waals surface area (Å²) in [6, 6.07) is 22.4. The lowest BCUT2D eigenvalue weighted by atomic mass is 9.99. The van der Waals surface area contributed by atoms with E-state index in [1.807, 2.05) is 36.4 Å². The molecule has 174 valence electrons. The first-order chi connectivity index (χ1) is 17.2. The summed E-state index contributed by atoms with van der Waals surface area (Å²) in [5, 5.41) is 10.5. The zero-order valence-electron chi connectivity index (χ0n) is 18.7. The molecule has 7 nitrogen and oxygen atoms in total. The molecule has 2 heterocycles. The molecule has 2 aromatic heterocycles. The Hall–Kier alpha value is -4.59. The number of anilines is 1. The summed E-state index contributed by atoms with van der Waals surface area (Å²) < 4.78 is 19.3. The Morgan fingerprint density at radius 1 is 0.943 bits per heavy atom. The number of fused-ring (bicyclic) bond motifs is 1. The fourth-order valence-corrected chi connectivity index (χ4v) is 3.84. The van der Waals surface area contributed by atoms with E-state index in [0.29, 0.717) is 18.5 Å². The van der Waals surface area contributed by atoms with Gasteiger partial charge in [0.2, 0.25) is 5.76 Å². The number of benzene rings is 3. The molecule has 0 bridgehead atoms. The molecule has 5 aromatic rings. The number of rotatable bonds is 8. The number of hydrogen-bond donors (Lipinski definition) is 2. The molecule has 35 heavy (non-hydrogen) atoms. The molecule has 0 atom stereocenters. The SMILES string of the molecule is O=C(NCCc1cc(-c2ccc3ncnc(NCc4ccccc4)c3c2)ccc1F)c1ccno1. The van der Waals surface area contributed by atoms with Gasteiger partial charge in [0, 0.05) is 24.5 Å². The molecule has 2 N–H and O–H groups in total. The standard InChI is InChI=1S/C27H22FN5O2/c28-23-8-6-19(14-21(23)10-12-29-27(34)25-11-13-33-35-25)20-7-9-24-22(15-20)26(32-17-31-24)30-16-18-4-2-1-3-5-18/h1-9,11,13-15,17H,10,12,16H2,(H,29,34)(H,30,31,32). The van der Waals surface area contributed by atoms with Crippen LogP contribution >= 0.6 is 0 Å². The number of hydrogen-bond acceptors (Lipinski definition) is 6. The van der Waals surface area contributed by atoms with E-state index in [1.165, 1.54) is 18.3 Å². The smallest absolute Gasteiger partial charge is 0.289 e. The van der Waals surface area contributed by atoms with Crippen molar-refractivity contribution in [1.82, 2.24) is 20.4 Å². The molecule has 0 aliphatic rings. The number of nitrogens with zero attached hydrogens (tertiary/aromatic N) is 3. The Balaban J connectivity index is 1.35. The van der Waals surface area contributed by atoms with Crippen molar-refractivity contribution in [3.8, 4) is 11.1 Å². The highest BCUT2D eigenvalue weighted by Crippen LogP contribution is 2.28. The van der Waals surface area contributed by atoms with Gasteiger partial charge in [0.15, 0.2) is 0 Å². The number of amides is 1. The summed E-state index contributed by atoms with van der Waals surface area (Å²) in [6.07, 6.45) is 3.27. The fourth-order valence-electron chi connectivity index (χ4n) is 3.84. The van der Waals surface area contributed by atoms with Crippen LogP contribution in [0.4, 0.5) is 10.2 Å². The van der Waals surface area contributed by atoms with Crippen LogP contribution in [0.5, 0.6) is 0 Å². The second-order valence-electron chi connectivity index (χ2n) is 7.98. The summed E-state index contributed by atoms with van der Waals surface area (Å²) in [7, 11) is 0. The third kappa shape index (κ3) is 5.16.